The van der Waals surface area contributed by atoms with E-state index >= 15 is 0 Å². The summed E-state index contributed by atoms with van der Waals surface area (Å²) in [6.45, 7) is 3.44. The first-order chi connectivity index (χ1) is 11.6. The molecule has 6 heteroatoms. The number of ether oxygens (including phenoxy) is 1. The molecule has 1 fully saturated rings. The SMILES string of the molecule is Cc1csc(C2CCCN(C(=O)C3Cc4cc(F)ccc4O3)C2)n1. The van der Waals surface area contributed by atoms with Gasteiger partial charge in [-0.05, 0) is 38.0 Å². The van der Waals surface area contributed by atoms with Crippen molar-refractivity contribution in [3.63, 3.8) is 0 Å². The molecule has 4 rings (SSSR count). The Morgan fingerprint density at radius 2 is 2.33 bits per heavy atom. The van der Waals surface area contributed by atoms with Crippen LogP contribution in [0.25, 0.3) is 0 Å². The number of carbonyl (C=O) groups is 1. The monoisotopic (exact) mass is 346 g/mol. The summed E-state index contributed by atoms with van der Waals surface area (Å²) in [6.07, 6.45) is 1.96. The predicted molar refractivity (Wildman–Crippen MR) is 89.9 cm³/mol. The summed E-state index contributed by atoms with van der Waals surface area (Å²) in [4.78, 5) is 19.3. The molecular weight excluding hydrogens is 327 g/mol. The fraction of sp³-hybridized carbons (Fsp3) is 0.444. The number of likely N-dealkylation sites (tertiary alicyclic amines) is 1. The van der Waals surface area contributed by atoms with E-state index in [0.29, 0.717) is 24.6 Å². The fourth-order valence-corrected chi connectivity index (χ4v) is 4.42. The third-order valence-corrected chi connectivity index (χ3v) is 5.82. The van der Waals surface area contributed by atoms with Crippen LogP contribution < -0.4 is 4.74 Å². The summed E-state index contributed by atoms with van der Waals surface area (Å²) < 4.78 is 19.1. The summed E-state index contributed by atoms with van der Waals surface area (Å²) in [7, 11) is 0. The van der Waals surface area contributed by atoms with Crippen LogP contribution in [0.15, 0.2) is 23.6 Å². The molecule has 0 N–H and O–H groups in total. The summed E-state index contributed by atoms with van der Waals surface area (Å²) in [6, 6.07) is 4.43. The molecule has 0 saturated carbocycles. The molecule has 1 saturated heterocycles. The second-order valence-corrected chi connectivity index (χ2v) is 7.40. The van der Waals surface area contributed by atoms with Crippen molar-refractivity contribution in [2.75, 3.05) is 13.1 Å². The predicted octanol–water partition coefficient (Wildman–Crippen LogP) is 3.30. The Morgan fingerprint density at radius 3 is 3.12 bits per heavy atom. The highest BCUT2D eigenvalue weighted by atomic mass is 32.1. The highest BCUT2D eigenvalue weighted by Crippen LogP contribution is 2.33. The van der Waals surface area contributed by atoms with Crippen LogP contribution in [0, 0.1) is 12.7 Å². The van der Waals surface area contributed by atoms with Crippen molar-refractivity contribution in [3.8, 4) is 5.75 Å². The Hall–Kier alpha value is -1.95. The topological polar surface area (TPSA) is 42.4 Å². The maximum absolute atomic E-state index is 13.3. The summed E-state index contributed by atoms with van der Waals surface area (Å²) >= 11 is 1.67. The third kappa shape index (κ3) is 2.90. The second kappa shape index (κ2) is 6.16. The van der Waals surface area contributed by atoms with Crippen LogP contribution in [0.4, 0.5) is 4.39 Å². The average molecular weight is 346 g/mol. The van der Waals surface area contributed by atoms with E-state index in [0.717, 1.165) is 35.7 Å². The van der Waals surface area contributed by atoms with Gasteiger partial charge in [-0.15, -0.1) is 11.3 Å². The summed E-state index contributed by atoms with van der Waals surface area (Å²) in [5.74, 6) is 0.647. The van der Waals surface area contributed by atoms with Gasteiger partial charge >= 0.3 is 0 Å². The summed E-state index contributed by atoms with van der Waals surface area (Å²) in [5.41, 5.74) is 1.81. The minimum Gasteiger partial charge on any atom is -0.480 e. The first-order valence-electron chi connectivity index (χ1n) is 8.26. The lowest BCUT2D eigenvalue weighted by Crippen LogP contribution is -2.45. The highest BCUT2D eigenvalue weighted by Gasteiger charge is 2.35. The Bertz CT molecular complexity index is 776. The molecule has 2 unspecified atom stereocenters. The number of piperidine rings is 1. The molecule has 24 heavy (non-hydrogen) atoms. The molecule has 2 aromatic rings. The number of nitrogens with zero attached hydrogens (tertiary/aromatic N) is 2. The maximum Gasteiger partial charge on any atom is 0.264 e. The van der Waals surface area contributed by atoms with E-state index in [-0.39, 0.29) is 11.7 Å². The second-order valence-electron chi connectivity index (χ2n) is 6.51. The van der Waals surface area contributed by atoms with Gasteiger partial charge in [-0.3, -0.25) is 4.79 Å². The molecular formula is C18H19FN2O2S. The number of hydrogen-bond donors (Lipinski definition) is 0. The standard InChI is InChI=1S/C18H19FN2O2S/c1-11-10-24-17(20-11)12-3-2-6-21(9-12)18(22)16-8-13-7-14(19)4-5-15(13)23-16/h4-5,7,10,12,16H,2-3,6,8-9H2,1H3. The van der Waals surface area contributed by atoms with E-state index in [4.69, 9.17) is 4.74 Å². The third-order valence-electron chi connectivity index (χ3n) is 4.69. The van der Waals surface area contributed by atoms with Crippen molar-refractivity contribution in [3.05, 3.63) is 45.7 Å². The normalized spacial score (nSPS) is 23.0. The van der Waals surface area contributed by atoms with Gasteiger partial charge in [0.1, 0.15) is 11.6 Å². The molecule has 2 aliphatic heterocycles. The number of halogens is 1. The molecule has 1 amide bonds. The van der Waals surface area contributed by atoms with Gasteiger partial charge in [0.2, 0.25) is 0 Å². The number of aromatic nitrogens is 1. The van der Waals surface area contributed by atoms with Crippen molar-refractivity contribution in [2.24, 2.45) is 0 Å². The Morgan fingerprint density at radius 1 is 1.46 bits per heavy atom. The first-order valence-corrected chi connectivity index (χ1v) is 9.14. The van der Waals surface area contributed by atoms with E-state index in [9.17, 15) is 9.18 Å². The van der Waals surface area contributed by atoms with Crippen molar-refractivity contribution >= 4 is 17.2 Å². The number of aryl methyl sites for hydroxylation is 1. The van der Waals surface area contributed by atoms with Crippen LogP contribution in [-0.2, 0) is 11.2 Å². The number of benzene rings is 1. The van der Waals surface area contributed by atoms with Gasteiger partial charge in [0.25, 0.3) is 5.91 Å². The van der Waals surface area contributed by atoms with Crippen molar-refractivity contribution in [2.45, 2.75) is 38.2 Å². The van der Waals surface area contributed by atoms with Crippen LogP contribution in [-0.4, -0.2) is 35.0 Å². The molecule has 0 radical (unpaired) electrons. The molecule has 3 heterocycles. The molecule has 4 nitrogen and oxygen atoms in total. The quantitative estimate of drug-likeness (QED) is 0.838. The Balaban J connectivity index is 1.45. The van der Waals surface area contributed by atoms with E-state index in [1.54, 1.807) is 17.4 Å². The van der Waals surface area contributed by atoms with E-state index < -0.39 is 6.10 Å². The maximum atomic E-state index is 13.3. The van der Waals surface area contributed by atoms with E-state index in [2.05, 4.69) is 10.4 Å². The van der Waals surface area contributed by atoms with Crippen LogP contribution in [0.1, 0.15) is 35.0 Å². The van der Waals surface area contributed by atoms with Crippen LogP contribution in [0.3, 0.4) is 0 Å². The molecule has 0 bridgehead atoms. The number of amides is 1. The van der Waals surface area contributed by atoms with Gasteiger partial charge in [0, 0.05) is 42.1 Å². The number of carbonyl (C=O) groups excluding carboxylic acids is 1. The molecule has 126 valence electrons. The molecule has 2 atom stereocenters. The van der Waals surface area contributed by atoms with Gasteiger partial charge in [0.05, 0.1) is 5.01 Å². The minimum absolute atomic E-state index is 0.00425. The highest BCUT2D eigenvalue weighted by molar-refractivity contribution is 7.09. The van der Waals surface area contributed by atoms with Gasteiger partial charge in [0.15, 0.2) is 6.10 Å². The zero-order chi connectivity index (χ0) is 16.7. The van der Waals surface area contributed by atoms with Crippen molar-refractivity contribution in [1.29, 1.82) is 0 Å². The van der Waals surface area contributed by atoms with Crippen LogP contribution in [0.2, 0.25) is 0 Å². The largest absolute Gasteiger partial charge is 0.480 e. The van der Waals surface area contributed by atoms with Crippen LogP contribution in [0.5, 0.6) is 5.75 Å². The molecule has 2 aliphatic rings. The van der Waals surface area contributed by atoms with Gasteiger partial charge in [-0.25, -0.2) is 9.37 Å². The van der Waals surface area contributed by atoms with Gasteiger partial charge in [-0.1, -0.05) is 0 Å². The lowest BCUT2D eigenvalue weighted by Gasteiger charge is -2.33. The summed E-state index contributed by atoms with van der Waals surface area (Å²) in [5, 5.41) is 3.17. The number of fused-ring (bicyclic) bond motifs is 1. The Labute approximate surface area is 144 Å². The molecule has 1 aromatic heterocycles. The van der Waals surface area contributed by atoms with Crippen molar-refractivity contribution < 1.29 is 13.9 Å². The van der Waals surface area contributed by atoms with E-state index in [1.807, 2.05) is 11.8 Å². The number of rotatable bonds is 2. The smallest absolute Gasteiger partial charge is 0.264 e. The first kappa shape index (κ1) is 15.6. The molecule has 0 aliphatic carbocycles. The zero-order valence-electron chi connectivity index (χ0n) is 13.5. The number of hydrogen-bond acceptors (Lipinski definition) is 4. The Kier molecular flexibility index (Phi) is 4.00. The van der Waals surface area contributed by atoms with Gasteiger partial charge < -0.3 is 9.64 Å². The lowest BCUT2D eigenvalue weighted by molar-refractivity contribution is -0.139. The van der Waals surface area contributed by atoms with Crippen LogP contribution >= 0.6 is 11.3 Å². The lowest BCUT2D eigenvalue weighted by atomic mass is 9.98. The van der Waals surface area contributed by atoms with Crippen molar-refractivity contribution in [1.82, 2.24) is 9.88 Å². The van der Waals surface area contributed by atoms with Gasteiger partial charge in [-0.2, -0.15) is 0 Å². The molecule has 1 aromatic carbocycles. The molecule has 0 spiro atoms. The average Bonchev–Trinajstić information content (AvgIpc) is 3.20. The zero-order valence-corrected chi connectivity index (χ0v) is 14.3. The fourth-order valence-electron chi connectivity index (χ4n) is 3.50. The minimum atomic E-state index is -0.529. The number of thiazole rings is 1. The van der Waals surface area contributed by atoms with E-state index in [1.165, 1.54) is 12.1 Å².